The molecule has 0 saturated carbocycles. The lowest BCUT2D eigenvalue weighted by molar-refractivity contribution is 0.296. The topological polar surface area (TPSA) is 29.3 Å². The second kappa shape index (κ2) is 5.64. The van der Waals surface area contributed by atoms with Crippen LogP contribution in [0.3, 0.4) is 0 Å². The molecule has 100 valence electrons. The molecular formula is C16H19ClN2. The Kier molecular flexibility index (Phi) is 4.13. The summed E-state index contributed by atoms with van der Waals surface area (Å²) in [5, 5.41) is 0. The summed E-state index contributed by atoms with van der Waals surface area (Å²) >= 11 is 0. The Morgan fingerprint density at radius 2 is 1.79 bits per heavy atom. The Bertz CT molecular complexity index is 554. The molecule has 0 fully saturated rings. The average Bonchev–Trinajstić information content (AvgIpc) is 2.40. The second-order valence-corrected chi connectivity index (χ2v) is 5.08. The Morgan fingerprint density at radius 1 is 1.05 bits per heavy atom. The molecule has 3 heteroatoms. The van der Waals surface area contributed by atoms with Crippen molar-refractivity contribution in [3.8, 4) is 0 Å². The van der Waals surface area contributed by atoms with Gasteiger partial charge in [-0.1, -0.05) is 42.5 Å². The minimum Gasteiger partial charge on any atom is -0.398 e. The van der Waals surface area contributed by atoms with Crippen LogP contribution in [0.4, 0.5) is 5.69 Å². The lowest BCUT2D eigenvalue weighted by atomic mass is 9.84. The minimum absolute atomic E-state index is 0. The molecule has 0 amide bonds. The van der Waals surface area contributed by atoms with Crippen LogP contribution in [0, 0.1) is 0 Å². The normalized spacial score (nSPS) is 18.5. The minimum atomic E-state index is 0. The molecule has 0 radical (unpaired) electrons. The standard InChI is InChI=1S/C16H18N2.ClH/c1-18-10-14(12-6-3-2-4-7-12)13-8-5-9-16(17)15(13)11-18;/h2-9,14H,10-11,17H2,1H3;1H/t14-;/m1./s1. The zero-order valence-electron chi connectivity index (χ0n) is 11.0. The maximum atomic E-state index is 6.12. The lowest BCUT2D eigenvalue weighted by Crippen LogP contribution is -2.31. The quantitative estimate of drug-likeness (QED) is 0.809. The molecule has 2 nitrogen and oxygen atoms in total. The number of nitrogens with two attached hydrogens (primary N) is 1. The molecule has 1 aliphatic rings. The number of nitrogen functional groups attached to an aromatic ring is 1. The van der Waals surface area contributed by atoms with Gasteiger partial charge in [0.15, 0.2) is 0 Å². The van der Waals surface area contributed by atoms with Gasteiger partial charge >= 0.3 is 0 Å². The van der Waals surface area contributed by atoms with Gasteiger partial charge in [0.25, 0.3) is 0 Å². The summed E-state index contributed by atoms with van der Waals surface area (Å²) < 4.78 is 0. The highest BCUT2D eigenvalue weighted by molar-refractivity contribution is 5.85. The van der Waals surface area contributed by atoms with Gasteiger partial charge < -0.3 is 10.6 Å². The van der Waals surface area contributed by atoms with Crippen molar-refractivity contribution in [2.45, 2.75) is 12.5 Å². The van der Waals surface area contributed by atoms with Crippen LogP contribution in [-0.4, -0.2) is 18.5 Å². The van der Waals surface area contributed by atoms with Crippen molar-refractivity contribution in [2.75, 3.05) is 19.3 Å². The van der Waals surface area contributed by atoms with E-state index in [1.807, 2.05) is 6.07 Å². The molecule has 0 aliphatic carbocycles. The average molecular weight is 275 g/mol. The van der Waals surface area contributed by atoms with E-state index in [2.05, 4.69) is 54.4 Å². The fourth-order valence-electron chi connectivity index (χ4n) is 2.85. The molecule has 0 saturated heterocycles. The number of benzene rings is 2. The Balaban J connectivity index is 0.00000133. The van der Waals surface area contributed by atoms with Crippen LogP contribution in [0.25, 0.3) is 0 Å². The van der Waals surface area contributed by atoms with Crippen molar-refractivity contribution < 1.29 is 0 Å². The fourth-order valence-corrected chi connectivity index (χ4v) is 2.85. The van der Waals surface area contributed by atoms with Gasteiger partial charge in [-0.2, -0.15) is 0 Å². The second-order valence-electron chi connectivity index (χ2n) is 5.08. The first-order valence-corrected chi connectivity index (χ1v) is 6.36. The van der Waals surface area contributed by atoms with Crippen LogP contribution in [0.15, 0.2) is 48.5 Å². The van der Waals surface area contributed by atoms with Gasteiger partial charge in [0.2, 0.25) is 0 Å². The number of likely N-dealkylation sites (N-methyl/N-ethyl adjacent to an activating group) is 1. The van der Waals surface area contributed by atoms with Gasteiger partial charge in [-0.25, -0.2) is 0 Å². The van der Waals surface area contributed by atoms with E-state index in [4.69, 9.17) is 5.73 Å². The van der Waals surface area contributed by atoms with Crippen LogP contribution in [0.2, 0.25) is 0 Å². The summed E-state index contributed by atoms with van der Waals surface area (Å²) in [6, 6.07) is 17.0. The summed E-state index contributed by atoms with van der Waals surface area (Å²) in [6.07, 6.45) is 0. The first-order valence-electron chi connectivity index (χ1n) is 6.36. The molecule has 19 heavy (non-hydrogen) atoms. The van der Waals surface area contributed by atoms with E-state index in [1.54, 1.807) is 0 Å². The Labute approximate surface area is 120 Å². The van der Waals surface area contributed by atoms with E-state index in [-0.39, 0.29) is 12.4 Å². The number of anilines is 1. The molecule has 0 aromatic heterocycles. The number of fused-ring (bicyclic) bond motifs is 1. The molecule has 2 aromatic rings. The maximum absolute atomic E-state index is 6.12. The van der Waals surface area contributed by atoms with Crippen LogP contribution in [-0.2, 0) is 6.54 Å². The number of halogens is 1. The number of hydrogen-bond acceptors (Lipinski definition) is 2. The predicted octanol–water partition coefficient (Wildman–Crippen LogP) is 3.27. The lowest BCUT2D eigenvalue weighted by Gasteiger charge is -2.33. The largest absolute Gasteiger partial charge is 0.398 e. The van der Waals surface area contributed by atoms with E-state index in [0.717, 1.165) is 18.8 Å². The van der Waals surface area contributed by atoms with E-state index >= 15 is 0 Å². The van der Waals surface area contributed by atoms with Crippen LogP contribution >= 0.6 is 12.4 Å². The Hall–Kier alpha value is -1.51. The maximum Gasteiger partial charge on any atom is 0.0362 e. The van der Waals surface area contributed by atoms with E-state index in [1.165, 1.54) is 16.7 Å². The third kappa shape index (κ3) is 2.60. The summed E-state index contributed by atoms with van der Waals surface area (Å²) in [6.45, 7) is 2.01. The van der Waals surface area contributed by atoms with Crippen molar-refractivity contribution >= 4 is 18.1 Å². The van der Waals surface area contributed by atoms with Gasteiger partial charge in [0.05, 0.1) is 0 Å². The first kappa shape index (κ1) is 13.9. The fraction of sp³-hybridized carbons (Fsp3) is 0.250. The molecule has 1 heterocycles. The van der Waals surface area contributed by atoms with Crippen molar-refractivity contribution in [3.05, 3.63) is 65.2 Å². The summed E-state index contributed by atoms with van der Waals surface area (Å²) in [5.74, 6) is 0.434. The van der Waals surface area contributed by atoms with E-state index in [9.17, 15) is 0 Å². The predicted molar refractivity (Wildman–Crippen MR) is 82.7 cm³/mol. The van der Waals surface area contributed by atoms with Crippen molar-refractivity contribution in [1.29, 1.82) is 0 Å². The highest BCUT2D eigenvalue weighted by atomic mass is 35.5. The summed E-state index contributed by atoms with van der Waals surface area (Å²) in [5.41, 5.74) is 11.1. The van der Waals surface area contributed by atoms with Crippen LogP contribution in [0.5, 0.6) is 0 Å². The van der Waals surface area contributed by atoms with Gasteiger partial charge in [-0.05, 0) is 29.8 Å². The molecule has 0 unspecified atom stereocenters. The SMILES string of the molecule is CN1Cc2c(N)cccc2[C@@H](c2ccccc2)C1.Cl. The van der Waals surface area contributed by atoms with Gasteiger partial charge in [0.1, 0.15) is 0 Å². The smallest absolute Gasteiger partial charge is 0.0362 e. The molecule has 2 N–H and O–H groups in total. The van der Waals surface area contributed by atoms with Gasteiger partial charge in [-0.15, -0.1) is 12.4 Å². The number of rotatable bonds is 1. The van der Waals surface area contributed by atoms with E-state index < -0.39 is 0 Å². The molecular weight excluding hydrogens is 256 g/mol. The van der Waals surface area contributed by atoms with E-state index in [0.29, 0.717) is 5.92 Å². The monoisotopic (exact) mass is 274 g/mol. The molecule has 0 bridgehead atoms. The molecule has 0 spiro atoms. The van der Waals surface area contributed by atoms with Crippen molar-refractivity contribution in [3.63, 3.8) is 0 Å². The Morgan fingerprint density at radius 3 is 2.53 bits per heavy atom. The van der Waals surface area contributed by atoms with Gasteiger partial charge in [-0.3, -0.25) is 0 Å². The van der Waals surface area contributed by atoms with Crippen molar-refractivity contribution in [2.24, 2.45) is 0 Å². The first-order chi connectivity index (χ1) is 8.75. The number of nitrogens with zero attached hydrogens (tertiary/aromatic N) is 1. The molecule has 1 atom stereocenters. The molecule has 2 aromatic carbocycles. The third-order valence-electron chi connectivity index (χ3n) is 3.75. The highest BCUT2D eigenvalue weighted by Crippen LogP contribution is 2.35. The summed E-state index contributed by atoms with van der Waals surface area (Å²) in [7, 11) is 2.16. The highest BCUT2D eigenvalue weighted by Gasteiger charge is 2.25. The molecule has 1 aliphatic heterocycles. The van der Waals surface area contributed by atoms with Crippen LogP contribution < -0.4 is 5.73 Å². The van der Waals surface area contributed by atoms with Gasteiger partial charge in [0, 0.05) is 24.7 Å². The number of hydrogen-bond donors (Lipinski definition) is 1. The van der Waals surface area contributed by atoms with Crippen LogP contribution in [0.1, 0.15) is 22.6 Å². The van der Waals surface area contributed by atoms with Crippen molar-refractivity contribution in [1.82, 2.24) is 4.90 Å². The third-order valence-corrected chi connectivity index (χ3v) is 3.75. The molecule has 3 rings (SSSR count). The zero-order chi connectivity index (χ0) is 12.5. The zero-order valence-corrected chi connectivity index (χ0v) is 11.9. The summed E-state index contributed by atoms with van der Waals surface area (Å²) in [4.78, 5) is 2.34.